The van der Waals surface area contributed by atoms with E-state index in [-0.39, 0.29) is 12.3 Å². The molecule has 4 atom stereocenters. The molecule has 7 heteroatoms. The van der Waals surface area contributed by atoms with Crippen LogP contribution >= 0.6 is 0 Å². The number of carbonyl (C=O) groups excluding carboxylic acids is 1. The molecule has 136 valence electrons. The lowest BCUT2D eigenvalue weighted by molar-refractivity contribution is -0.284. The number of ether oxygens (including phenoxy) is 4. The molecule has 0 unspecified atom stereocenters. The van der Waals surface area contributed by atoms with Gasteiger partial charge in [-0.1, -0.05) is 35.5 Å². The van der Waals surface area contributed by atoms with Crippen LogP contribution in [0.2, 0.25) is 0 Å². The van der Waals surface area contributed by atoms with E-state index in [0.717, 1.165) is 5.56 Å². The van der Waals surface area contributed by atoms with Crippen LogP contribution in [-0.4, -0.2) is 48.4 Å². The van der Waals surface area contributed by atoms with Gasteiger partial charge in [0.15, 0.2) is 12.4 Å². The Morgan fingerprint density at radius 1 is 1.24 bits per heavy atom. The Bertz CT molecular complexity index is 639. The summed E-state index contributed by atoms with van der Waals surface area (Å²) in [6.45, 7) is 5.65. The molecular weight excluding hydrogens is 326 g/mol. The van der Waals surface area contributed by atoms with Crippen molar-refractivity contribution in [2.75, 3.05) is 13.2 Å². The molecule has 0 bridgehead atoms. The van der Waals surface area contributed by atoms with Crippen LogP contribution in [0.25, 0.3) is 0 Å². The van der Waals surface area contributed by atoms with Crippen LogP contribution in [-0.2, 0) is 23.7 Å². The number of hydrogen-bond acceptors (Lipinski definition) is 7. The van der Waals surface area contributed by atoms with E-state index in [4.69, 9.17) is 18.9 Å². The lowest BCUT2D eigenvalue weighted by Crippen LogP contribution is -2.58. The second-order valence-electron chi connectivity index (χ2n) is 7.19. The summed E-state index contributed by atoms with van der Waals surface area (Å²) in [6.07, 6.45) is -2.42. The van der Waals surface area contributed by atoms with Gasteiger partial charge >= 0.3 is 5.97 Å². The van der Waals surface area contributed by atoms with Gasteiger partial charge in [-0.05, 0) is 20.8 Å². The predicted octanol–water partition coefficient (Wildman–Crippen LogP) is 2.29. The zero-order chi connectivity index (χ0) is 18.0. The minimum Gasteiger partial charge on any atom is -0.453 e. The summed E-state index contributed by atoms with van der Waals surface area (Å²) in [5, 5.41) is 12.5. The minimum atomic E-state index is -0.814. The van der Waals surface area contributed by atoms with E-state index in [1.54, 1.807) is 20.8 Å². The molecule has 1 aromatic rings. The first-order chi connectivity index (χ1) is 11.9. The highest BCUT2D eigenvalue weighted by molar-refractivity contribution is 5.93. The summed E-state index contributed by atoms with van der Waals surface area (Å²) in [5.74, 6) is -0.398. The minimum absolute atomic E-state index is 0.0580. The Morgan fingerprint density at radius 2 is 1.96 bits per heavy atom. The zero-order valence-corrected chi connectivity index (χ0v) is 14.5. The molecule has 2 aliphatic rings. The summed E-state index contributed by atoms with van der Waals surface area (Å²) < 4.78 is 23.0. The third-order valence-corrected chi connectivity index (χ3v) is 4.18. The van der Waals surface area contributed by atoms with Gasteiger partial charge in [0.2, 0.25) is 0 Å². The molecule has 1 N–H and O–H groups in total. The van der Waals surface area contributed by atoms with E-state index in [1.165, 1.54) is 0 Å². The van der Waals surface area contributed by atoms with Crippen molar-refractivity contribution in [3.63, 3.8) is 0 Å². The van der Waals surface area contributed by atoms with Gasteiger partial charge in [-0.25, -0.2) is 0 Å². The molecule has 2 heterocycles. The topological polar surface area (TPSA) is 86.6 Å². The SMILES string of the molecule is CC(C)(C)C(=O)O[C@@H]1/C(=N/O)CO[C@@H]2CO[C@@H](c3ccccc3)O[C@@H]12. The maximum absolute atomic E-state index is 12.3. The van der Waals surface area contributed by atoms with E-state index in [0.29, 0.717) is 6.61 Å². The largest absolute Gasteiger partial charge is 0.453 e. The molecule has 2 aliphatic heterocycles. The highest BCUT2D eigenvalue weighted by Crippen LogP contribution is 2.33. The van der Waals surface area contributed by atoms with Crippen LogP contribution in [0.3, 0.4) is 0 Å². The van der Waals surface area contributed by atoms with Gasteiger partial charge in [0.1, 0.15) is 17.9 Å². The van der Waals surface area contributed by atoms with E-state index >= 15 is 0 Å². The van der Waals surface area contributed by atoms with Crippen molar-refractivity contribution in [3.8, 4) is 0 Å². The van der Waals surface area contributed by atoms with E-state index in [1.807, 2.05) is 30.3 Å². The summed E-state index contributed by atoms with van der Waals surface area (Å²) in [7, 11) is 0. The third-order valence-electron chi connectivity index (χ3n) is 4.18. The Morgan fingerprint density at radius 3 is 2.60 bits per heavy atom. The number of esters is 1. The van der Waals surface area contributed by atoms with Crippen LogP contribution < -0.4 is 0 Å². The van der Waals surface area contributed by atoms with Gasteiger partial charge in [-0.15, -0.1) is 0 Å². The first-order valence-electron chi connectivity index (χ1n) is 8.25. The molecule has 0 spiro atoms. The summed E-state index contributed by atoms with van der Waals surface area (Å²) in [6, 6.07) is 9.48. The van der Waals surface area contributed by atoms with Crippen molar-refractivity contribution in [2.24, 2.45) is 10.6 Å². The molecule has 25 heavy (non-hydrogen) atoms. The fourth-order valence-corrected chi connectivity index (χ4v) is 2.72. The predicted molar refractivity (Wildman–Crippen MR) is 88.3 cm³/mol. The van der Waals surface area contributed by atoms with Gasteiger partial charge in [0, 0.05) is 5.56 Å². The fourth-order valence-electron chi connectivity index (χ4n) is 2.72. The summed E-state index contributed by atoms with van der Waals surface area (Å²) in [4.78, 5) is 12.3. The standard InChI is InChI=1S/C18H23NO6/c1-18(2,3)17(20)25-14-12(19-21)9-22-13-10-23-16(24-15(13)14)11-7-5-4-6-8-11/h4-8,13-16,21H,9-10H2,1-3H3/b19-12+/t13-,14-,15-,16-/m1/s1. The molecular formula is C18H23NO6. The maximum Gasteiger partial charge on any atom is 0.311 e. The Kier molecular flexibility index (Phi) is 5.08. The van der Waals surface area contributed by atoms with Gasteiger partial charge in [-0.3, -0.25) is 4.79 Å². The van der Waals surface area contributed by atoms with Crippen molar-refractivity contribution in [1.29, 1.82) is 0 Å². The lowest BCUT2D eigenvalue weighted by atomic mass is 9.95. The summed E-state index contributed by atoms with van der Waals surface area (Å²) >= 11 is 0. The lowest BCUT2D eigenvalue weighted by Gasteiger charge is -2.43. The molecule has 0 aliphatic carbocycles. The first kappa shape index (κ1) is 17.8. The van der Waals surface area contributed by atoms with Crippen LogP contribution in [0, 0.1) is 5.41 Å². The fraction of sp³-hybridized carbons (Fsp3) is 0.556. The molecule has 0 saturated carbocycles. The second kappa shape index (κ2) is 7.11. The van der Waals surface area contributed by atoms with E-state index < -0.39 is 36.0 Å². The number of rotatable bonds is 2. The normalized spacial score (nSPS) is 31.4. The van der Waals surface area contributed by atoms with Gasteiger partial charge in [0.05, 0.1) is 18.6 Å². The Labute approximate surface area is 146 Å². The molecule has 0 amide bonds. The number of fused-ring (bicyclic) bond motifs is 1. The molecule has 3 rings (SSSR count). The highest BCUT2D eigenvalue weighted by Gasteiger charge is 2.47. The molecule has 7 nitrogen and oxygen atoms in total. The monoisotopic (exact) mass is 349 g/mol. The van der Waals surface area contributed by atoms with Gasteiger partial charge in [-0.2, -0.15) is 0 Å². The number of carbonyl (C=O) groups is 1. The molecule has 2 saturated heterocycles. The second-order valence-corrected chi connectivity index (χ2v) is 7.19. The van der Waals surface area contributed by atoms with E-state index in [9.17, 15) is 10.0 Å². The van der Waals surface area contributed by atoms with E-state index in [2.05, 4.69) is 5.16 Å². The number of hydrogen-bond donors (Lipinski definition) is 1. The van der Waals surface area contributed by atoms with Gasteiger partial charge in [0.25, 0.3) is 0 Å². The summed E-state index contributed by atoms with van der Waals surface area (Å²) in [5.41, 5.74) is 0.403. The molecule has 0 aromatic heterocycles. The molecule has 2 fully saturated rings. The van der Waals surface area contributed by atoms with Crippen molar-refractivity contribution >= 4 is 11.7 Å². The quantitative estimate of drug-likeness (QED) is 0.501. The third kappa shape index (κ3) is 3.84. The number of benzene rings is 1. The first-order valence-corrected chi connectivity index (χ1v) is 8.25. The van der Waals surface area contributed by atoms with Crippen molar-refractivity contribution in [3.05, 3.63) is 35.9 Å². The number of nitrogens with zero attached hydrogens (tertiary/aromatic N) is 1. The molecule has 1 aromatic carbocycles. The van der Waals surface area contributed by atoms with Crippen molar-refractivity contribution in [1.82, 2.24) is 0 Å². The van der Waals surface area contributed by atoms with Crippen LogP contribution in [0.15, 0.2) is 35.5 Å². The van der Waals surface area contributed by atoms with Gasteiger partial charge < -0.3 is 24.2 Å². The zero-order valence-electron chi connectivity index (χ0n) is 14.5. The Balaban J connectivity index is 1.82. The Hall–Kier alpha value is -1.96. The van der Waals surface area contributed by atoms with Crippen LogP contribution in [0.1, 0.15) is 32.6 Å². The molecule has 0 radical (unpaired) electrons. The number of oxime groups is 1. The average Bonchev–Trinajstić information content (AvgIpc) is 2.61. The van der Waals surface area contributed by atoms with Crippen molar-refractivity contribution in [2.45, 2.75) is 45.4 Å². The maximum atomic E-state index is 12.3. The van der Waals surface area contributed by atoms with Crippen molar-refractivity contribution < 1.29 is 28.9 Å². The van der Waals surface area contributed by atoms with Crippen LogP contribution in [0.4, 0.5) is 0 Å². The highest BCUT2D eigenvalue weighted by atomic mass is 16.7. The van der Waals surface area contributed by atoms with Crippen LogP contribution in [0.5, 0.6) is 0 Å². The smallest absolute Gasteiger partial charge is 0.311 e. The average molecular weight is 349 g/mol.